The van der Waals surface area contributed by atoms with Crippen LogP contribution in [-0.2, 0) is 9.47 Å². The van der Waals surface area contributed by atoms with E-state index >= 15 is 0 Å². The fourth-order valence-electron chi connectivity index (χ4n) is 2.12. The van der Waals surface area contributed by atoms with Gasteiger partial charge in [-0.3, -0.25) is 4.79 Å². The Bertz CT molecular complexity index is 561. The van der Waals surface area contributed by atoms with E-state index in [4.69, 9.17) is 13.9 Å². The SMILES string of the molecule is C[C@@]1(C(=O)c2ccccc2)CO[C@H](c2ccco2)O1. The second-order valence-electron chi connectivity index (χ2n) is 4.70. The van der Waals surface area contributed by atoms with E-state index in [1.165, 1.54) is 0 Å². The van der Waals surface area contributed by atoms with E-state index in [1.54, 1.807) is 37.5 Å². The van der Waals surface area contributed by atoms with Gasteiger partial charge in [0.2, 0.25) is 6.29 Å². The lowest BCUT2D eigenvalue weighted by Gasteiger charge is -2.20. The molecule has 98 valence electrons. The Morgan fingerprint density at radius 1 is 1.21 bits per heavy atom. The van der Waals surface area contributed by atoms with Gasteiger partial charge in [-0.05, 0) is 19.1 Å². The largest absolute Gasteiger partial charge is 0.464 e. The highest BCUT2D eigenvalue weighted by Crippen LogP contribution is 2.35. The van der Waals surface area contributed by atoms with Crippen molar-refractivity contribution in [2.75, 3.05) is 6.61 Å². The predicted molar refractivity (Wildman–Crippen MR) is 67.7 cm³/mol. The van der Waals surface area contributed by atoms with E-state index in [0.717, 1.165) is 0 Å². The molecule has 2 aromatic rings. The van der Waals surface area contributed by atoms with E-state index in [-0.39, 0.29) is 12.4 Å². The Kier molecular flexibility index (Phi) is 2.97. The topological polar surface area (TPSA) is 48.7 Å². The van der Waals surface area contributed by atoms with E-state index < -0.39 is 11.9 Å². The number of carbonyl (C=O) groups is 1. The smallest absolute Gasteiger partial charge is 0.218 e. The van der Waals surface area contributed by atoms with Crippen LogP contribution in [0.3, 0.4) is 0 Å². The number of Topliss-reactive ketones (excluding diaryl/α,β-unsaturated/α-hetero) is 1. The number of hydrogen-bond donors (Lipinski definition) is 0. The zero-order chi connectivity index (χ0) is 13.3. The summed E-state index contributed by atoms with van der Waals surface area (Å²) in [5.41, 5.74) is -0.354. The van der Waals surface area contributed by atoms with Gasteiger partial charge in [-0.2, -0.15) is 0 Å². The third-order valence-electron chi connectivity index (χ3n) is 3.17. The number of furan rings is 1. The lowest BCUT2D eigenvalue weighted by atomic mass is 9.96. The van der Waals surface area contributed by atoms with Crippen molar-refractivity contribution >= 4 is 5.78 Å². The molecule has 0 unspecified atom stereocenters. The second kappa shape index (κ2) is 4.64. The first kappa shape index (κ1) is 12.1. The van der Waals surface area contributed by atoms with Crippen LogP contribution in [0.25, 0.3) is 0 Å². The molecule has 0 saturated carbocycles. The molecule has 1 fully saturated rings. The van der Waals surface area contributed by atoms with Gasteiger partial charge in [0, 0.05) is 5.56 Å². The minimum Gasteiger partial charge on any atom is -0.464 e. The van der Waals surface area contributed by atoms with Crippen molar-refractivity contribution in [2.45, 2.75) is 18.8 Å². The van der Waals surface area contributed by atoms with Gasteiger partial charge in [-0.25, -0.2) is 0 Å². The van der Waals surface area contributed by atoms with Crippen molar-refractivity contribution in [3.05, 3.63) is 60.1 Å². The maximum absolute atomic E-state index is 12.4. The summed E-state index contributed by atoms with van der Waals surface area (Å²) in [7, 11) is 0. The molecule has 2 atom stereocenters. The van der Waals surface area contributed by atoms with Gasteiger partial charge in [0.05, 0.1) is 12.9 Å². The van der Waals surface area contributed by atoms with Gasteiger partial charge >= 0.3 is 0 Å². The first-order chi connectivity index (χ1) is 9.19. The molecule has 0 radical (unpaired) electrons. The van der Waals surface area contributed by atoms with Crippen LogP contribution in [0.5, 0.6) is 0 Å². The number of ketones is 1. The van der Waals surface area contributed by atoms with Crippen molar-refractivity contribution < 1.29 is 18.7 Å². The lowest BCUT2D eigenvalue weighted by Crippen LogP contribution is -2.37. The van der Waals surface area contributed by atoms with Gasteiger partial charge in [0.25, 0.3) is 0 Å². The predicted octanol–water partition coefficient (Wildman–Crippen LogP) is 2.97. The standard InChI is InChI=1S/C15H14O4/c1-15(13(16)11-6-3-2-4-7-11)10-18-14(19-15)12-8-5-9-17-12/h2-9,14H,10H2,1H3/t14-,15-/m0/s1. The summed E-state index contributed by atoms with van der Waals surface area (Å²) >= 11 is 0. The number of rotatable bonds is 3. The molecule has 0 bridgehead atoms. The molecule has 1 aliphatic heterocycles. The number of hydrogen-bond acceptors (Lipinski definition) is 4. The molecule has 19 heavy (non-hydrogen) atoms. The molecular formula is C15H14O4. The van der Waals surface area contributed by atoms with Crippen LogP contribution in [0.15, 0.2) is 53.1 Å². The average molecular weight is 258 g/mol. The van der Waals surface area contributed by atoms with Crippen LogP contribution >= 0.6 is 0 Å². The maximum Gasteiger partial charge on any atom is 0.218 e. The summed E-state index contributed by atoms with van der Waals surface area (Å²) in [5, 5.41) is 0. The molecule has 2 heterocycles. The molecule has 4 heteroatoms. The Balaban J connectivity index is 1.80. The zero-order valence-electron chi connectivity index (χ0n) is 10.5. The Labute approximate surface area is 110 Å². The zero-order valence-corrected chi connectivity index (χ0v) is 10.5. The summed E-state index contributed by atoms with van der Waals surface area (Å²) in [6, 6.07) is 12.6. The van der Waals surface area contributed by atoms with Gasteiger partial charge < -0.3 is 13.9 Å². The van der Waals surface area contributed by atoms with Crippen molar-refractivity contribution in [3.8, 4) is 0 Å². The molecule has 4 nitrogen and oxygen atoms in total. The molecule has 1 saturated heterocycles. The van der Waals surface area contributed by atoms with Crippen LogP contribution in [-0.4, -0.2) is 18.0 Å². The van der Waals surface area contributed by atoms with Crippen molar-refractivity contribution in [2.24, 2.45) is 0 Å². The number of ether oxygens (including phenoxy) is 2. The summed E-state index contributed by atoms with van der Waals surface area (Å²) in [6.45, 7) is 1.96. The van der Waals surface area contributed by atoms with Crippen molar-refractivity contribution in [1.82, 2.24) is 0 Å². The van der Waals surface area contributed by atoms with Crippen LogP contribution in [0.4, 0.5) is 0 Å². The fourth-order valence-corrected chi connectivity index (χ4v) is 2.12. The highest BCUT2D eigenvalue weighted by atomic mass is 16.7. The lowest BCUT2D eigenvalue weighted by molar-refractivity contribution is -0.0881. The van der Waals surface area contributed by atoms with Crippen LogP contribution < -0.4 is 0 Å². The van der Waals surface area contributed by atoms with E-state index in [1.807, 2.05) is 18.2 Å². The van der Waals surface area contributed by atoms with Crippen LogP contribution in [0, 0.1) is 0 Å². The maximum atomic E-state index is 12.4. The van der Waals surface area contributed by atoms with Gasteiger partial charge in [0.1, 0.15) is 0 Å². The quantitative estimate of drug-likeness (QED) is 0.794. The first-order valence-electron chi connectivity index (χ1n) is 6.12. The molecule has 0 N–H and O–H groups in total. The Morgan fingerprint density at radius 2 is 2.00 bits per heavy atom. The summed E-state index contributed by atoms with van der Waals surface area (Å²) in [4.78, 5) is 12.4. The molecule has 0 spiro atoms. The van der Waals surface area contributed by atoms with Crippen molar-refractivity contribution in [3.63, 3.8) is 0 Å². The second-order valence-corrected chi connectivity index (χ2v) is 4.70. The monoisotopic (exact) mass is 258 g/mol. The summed E-state index contributed by atoms with van der Waals surface area (Å²) < 4.78 is 16.5. The Morgan fingerprint density at radius 3 is 2.68 bits per heavy atom. The normalized spacial score (nSPS) is 26.5. The van der Waals surface area contributed by atoms with Crippen molar-refractivity contribution in [1.29, 1.82) is 0 Å². The highest BCUT2D eigenvalue weighted by Gasteiger charge is 2.45. The van der Waals surface area contributed by atoms with Gasteiger partial charge in [-0.1, -0.05) is 30.3 Å². The fraction of sp³-hybridized carbons (Fsp3) is 0.267. The van der Waals surface area contributed by atoms with Gasteiger partial charge in [-0.15, -0.1) is 0 Å². The Hall–Kier alpha value is -1.91. The molecule has 1 aliphatic rings. The molecule has 1 aromatic heterocycles. The summed E-state index contributed by atoms with van der Waals surface area (Å²) in [5.74, 6) is 0.492. The third kappa shape index (κ3) is 2.20. The van der Waals surface area contributed by atoms with E-state index in [9.17, 15) is 4.79 Å². The average Bonchev–Trinajstić information content (AvgIpc) is 3.09. The molecule has 1 aromatic carbocycles. The molecular weight excluding hydrogens is 244 g/mol. The van der Waals surface area contributed by atoms with E-state index in [2.05, 4.69) is 0 Å². The number of carbonyl (C=O) groups excluding carboxylic acids is 1. The molecule has 3 rings (SSSR count). The molecule has 0 aliphatic carbocycles. The minimum atomic E-state index is -0.973. The van der Waals surface area contributed by atoms with Crippen LogP contribution in [0.1, 0.15) is 29.3 Å². The molecule has 0 amide bonds. The first-order valence-corrected chi connectivity index (χ1v) is 6.12. The van der Waals surface area contributed by atoms with Crippen LogP contribution in [0.2, 0.25) is 0 Å². The highest BCUT2D eigenvalue weighted by molar-refractivity contribution is 6.02. The van der Waals surface area contributed by atoms with E-state index in [0.29, 0.717) is 11.3 Å². The number of benzene rings is 1. The minimum absolute atomic E-state index is 0.0813. The summed E-state index contributed by atoms with van der Waals surface area (Å²) in [6.07, 6.45) is 0.934. The van der Waals surface area contributed by atoms with Gasteiger partial charge in [0.15, 0.2) is 17.1 Å². The third-order valence-corrected chi connectivity index (χ3v) is 3.17.